The van der Waals surface area contributed by atoms with Gasteiger partial charge < -0.3 is 15.4 Å². The Morgan fingerprint density at radius 3 is 2.32 bits per heavy atom. The molecular weight excluding hydrogens is 457 g/mol. The van der Waals surface area contributed by atoms with Gasteiger partial charge >= 0.3 is 0 Å². The molecule has 1 aromatic heterocycles. The van der Waals surface area contributed by atoms with Crippen molar-refractivity contribution < 1.29 is 14.3 Å². The summed E-state index contributed by atoms with van der Waals surface area (Å²) >= 11 is 13.1. The summed E-state index contributed by atoms with van der Waals surface area (Å²) in [5, 5.41) is 8.52. The molecule has 2 amide bonds. The van der Waals surface area contributed by atoms with Crippen LogP contribution in [-0.2, 0) is 6.61 Å². The fraction of sp³-hybridized carbons (Fsp3) is 0.227. The van der Waals surface area contributed by atoms with Crippen LogP contribution in [0, 0.1) is 13.8 Å². The van der Waals surface area contributed by atoms with E-state index in [4.69, 9.17) is 27.9 Å². The minimum atomic E-state index is -0.308. The molecule has 3 aromatic rings. The summed E-state index contributed by atoms with van der Waals surface area (Å²) in [6, 6.07) is 10.6. The number of ether oxygens (including phenoxy) is 1. The van der Waals surface area contributed by atoms with Crippen LogP contribution < -0.4 is 15.4 Å². The van der Waals surface area contributed by atoms with E-state index in [-0.39, 0.29) is 24.9 Å². The molecule has 162 valence electrons. The Morgan fingerprint density at radius 2 is 1.65 bits per heavy atom. The zero-order valence-electron chi connectivity index (χ0n) is 17.0. The quantitative estimate of drug-likeness (QED) is 0.456. The zero-order valence-corrected chi connectivity index (χ0v) is 19.3. The van der Waals surface area contributed by atoms with E-state index < -0.39 is 0 Å². The molecule has 0 atom stereocenters. The van der Waals surface area contributed by atoms with Crippen molar-refractivity contribution in [3.63, 3.8) is 0 Å². The maximum Gasteiger partial charge on any atom is 0.270 e. The van der Waals surface area contributed by atoms with Crippen LogP contribution in [0.25, 0.3) is 0 Å². The first-order valence-corrected chi connectivity index (χ1v) is 11.1. The van der Waals surface area contributed by atoms with Crippen molar-refractivity contribution in [1.82, 2.24) is 15.6 Å². The highest BCUT2D eigenvalue weighted by Crippen LogP contribution is 2.22. The van der Waals surface area contributed by atoms with Crippen molar-refractivity contribution in [2.24, 2.45) is 0 Å². The van der Waals surface area contributed by atoms with Crippen LogP contribution in [0.15, 0.2) is 41.8 Å². The molecule has 0 aliphatic carbocycles. The van der Waals surface area contributed by atoms with Crippen LogP contribution >= 0.6 is 34.5 Å². The van der Waals surface area contributed by atoms with Gasteiger partial charge in [0.2, 0.25) is 0 Å². The Bertz CT molecular complexity index is 1080. The van der Waals surface area contributed by atoms with E-state index in [2.05, 4.69) is 21.7 Å². The van der Waals surface area contributed by atoms with E-state index >= 15 is 0 Å². The van der Waals surface area contributed by atoms with Gasteiger partial charge in [-0.3, -0.25) is 9.59 Å². The number of amides is 2. The van der Waals surface area contributed by atoms with Gasteiger partial charge in [-0.05, 0) is 55.3 Å². The third kappa shape index (κ3) is 6.69. The number of thiazole rings is 1. The van der Waals surface area contributed by atoms with E-state index in [1.165, 1.54) is 17.4 Å². The molecule has 9 heteroatoms. The lowest BCUT2D eigenvalue weighted by atomic mass is 10.1. The fourth-order valence-electron chi connectivity index (χ4n) is 2.82. The summed E-state index contributed by atoms with van der Waals surface area (Å²) in [4.78, 5) is 28.7. The minimum absolute atomic E-state index is 0.262. The molecular formula is C22H21Cl2N3O3S. The molecule has 31 heavy (non-hydrogen) atoms. The van der Waals surface area contributed by atoms with Gasteiger partial charge in [0.05, 0.1) is 10.0 Å². The van der Waals surface area contributed by atoms with Crippen LogP contribution in [0.1, 0.15) is 37.0 Å². The third-order valence-corrected chi connectivity index (χ3v) is 5.78. The Hall–Kier alpha value is -2.61. The van der Waals surface area contributed by atoms with Crippen LogP contribution in [0.4, 0.5) is 0 Å². The van der Waals surface area contributed by atoms with Gasteiger partial charge in [0, 0.05) is 24.0 Å². The van der Waals surface area contributed by atoms with Crippen molar-refractivity contribution >= 4 is 46.4 Å². The molecule has 0 saturated carbocycles. The SMILES string of the molecule is Cc1cc(C)cc(OCc2nc(C(=O)NCCNC(=O)c3ccc(Cl)c(Cl)c3)cs2)c1. The first kappa shape index (κ1) is 23.1. The average molecular weight is 478 g/mol. The third-order valence-electron chi connectivity index (χ3n) is 4.22. The second-order valence-electron chi connectivity index (χ2n) is 6.88. The highest BCUT2D eigenvalue weighted by Gasteiger charge is 2.12. The number of aromatic nitrogens is 1. The number of halogens is 2. The number of aryl methyl sites for hydroxylation is 2. The predicted molar refractivity (Wildman–Crippen MR) is 123 cm³/mol. The number of carbonyl (C=O) groups is 2. The van der Waals surface area contributed by atoms with Gasteiger partial charge in [0.1, 0.15) is 23.1 Å². The predicted octanol–water partition coefficient (Wildman–Crippen LogP) is 4.81. The summed E-state index contributed by atoms with van der Waals surface area (Å²) in [5.74, 6) is 0.168. The van der Waals surface area contributed by atoms with Crippen molar-refractivity contribution in [2.75, 3.05) is 13.1 Å². The first-order chi connectivity index (χ1) is 14.8. The summed E-state index contributed by atoms with van der Waals surface area (Å²) < 4.78 is 5.78. The van der Waals surface area contributed by atoms with Gasteiger partial charge in [-0.2, -0.15) is 0 Å². The molecule has 0 fully saturated rings. The highest BCUT2D eigenvalue weighted by molar-refractivity contribution is 7.09. The molecule has 1 heterocycles. The summed E-state index contributed by atoms with van der Waals surface area (Å²) in [6.07, 6.45) is 0. The van der Waals surface area contributed by atoms with Gasteiger partial charge in [0.15, 0.2) is 0 Å². The maximum absolute atomic E-state index is 12.3. The number of nitrogens with one attached hydrogen (secondary N) is 2. The number of rotatable bonds is 8. The Labute approximate surface area is 194 Å². The molecule has 2 N–H and O–H groups in total. The molecule has 6 nitrogen and oxygen atoms in total. The van der Waals surface area contributed by atoms with Crippen LogP contribution in [0.3, 0.4) is 0 Å². The van der Waals surface area contributed by atoms with Crippen molar-refractivity contribution in [1.29, 1.82) is 0 Å². The van der Waals surface area contributed by atoms with E-state index in [0.29, 0.717) is 32.9 Å². The van der Waals surface area contributed by atoms with Gasteiger partial charge in [0.25, 0.3) is 11.8 Å². The molecule has 0 saturated heterocycles. The summed E-state index contributed by atoms with van der Waals surface area (Å²) in [5.41, 5.74) is 2.97. The standard InChI is InChI=1S/C22H21Cl2N3O3S/c1-13-7-14(2)9-16(8-13)30-11-20-27-19(12-31-20)22(29)26-6-5-25-21(28)15-3-4-17(23)18(24)10-15/h3-4,7-10,12H,5-6,11H2,1-2H3,(H,25,28)(H,26,29). The second-order valence-corrected chi connectivity index (χ2v) is 8.64. The summed E-state index contributed by atoms with van der Waals surface area (Å²) in [6.45, 7) is 4.84. The largest absolute Gasteiger partial charge is 0.486 e. The zero-order chi connectivity index (χ0) is 22.4. The van der Waals surface area contributed by atoms with E-state index in [0.717, 1.165) is 16.9 Å². The van der Waals surface area contributed by atoms with E-state index in [1.807, 2.05) is 26.0 Å². The van der Waals surface area contributed by atoms with E-state index in [9.17, 15) is 9.59 Å². The minimum Gasteiger partial charge on any atom is -0.486 e. The molecule has 0 aliphatic rings. The Morgan fingerprint density at radius 1 is 0.968 bits per heavy atom. The Kier molecular flexibility index (Phi) is 7.90. The van der Waals surface area contributed by atoms with Gasteiger partial charge in [-0.15, -0.1) is 11.3 Å². The molecule has 3 rings (SSSR count). The number of carbonyl (C=O) groups excluding carboxylic acids is 2. The van der Waals surface area contributed by atoms with Crippen molar-refractivity contribution in [3.8, 4) is 5.75 Å². The average Bonchev–Trinajstić information content (AvgIpc) is 3.20. The van der Waals surface area contributed by atoms with E-state index in [1.54, 1.807) is 17.5 Å². The van der Waals surface area contributed by atoms with Gasteiger partial charge in [-0.1, -0.05) is 29.3 Å². The molecule has 0 radical (unpaired) electrons. The lowest BCUT2D eigenvalue weighted by Crippen LogP contribution is -2.34. The van der Waals surface area contributed by atoms with Crippen molar-refractivity contribution in [2.45, 2.75) is 20.5 Å². The summed E-state index contributed by atoms with van der Waals surface area (Å²) in [7, 11) is 0. The molecule has 0 bridgehead atoms. The molecule has 0 aliphatic heterocycles. The van der Waals surface area contributed by atoms with Crippen molar-refractivity contribution in [3.05, 3.63) is 79.2 Å². The van der Waals surface area contributed by atoms with Crippen LogP contribution in [-0.4, -0.2) is 29.9 Å². The number of hydrogen-bond acceptors (Lipinski definition) is 5. The second kappa shape index (κ2) is 10.6. The maximum atomic E-state index is 12.3. The first-order valence-electron chi connectivity index (χ1n) is 9.49. The highest BCUT2D eigenvalue weighted by atomic mass is 35.5. The smallest absolute Gasteiger partial charge is 0.270 e. The lowest BCUT2D eigenvalue weighted by molar-refractivity contribution is 0.0925. The lowest BCUT2D eigenvalue weighted by Gasteiger charge is -2.07. The normalized spacial score (nSPS) is 10.6. The number of hydrogen-bond donors (Lipinski definition) is 2. The fourth-order valence-corrected chi connectivity index (χ4v) is 3.81. The van der Waals surface area contributed by atoms with Crippen LogP contribution in [0.2, 0.25) is 10.0 Å². The molecule has 2 aromatic carbocycles. The number of benzene rings is 2. The number of nitrogens with zero attached hydrogens (tertiary/aromatic N) is 1. The molecule has 0 spiro atoms. The Balaban J connectivity index is 1.43. The molecule has 0 unspecified atom stereocenters. The van der Waals surface area contributed by atoms with Gasteiger partial charge in [-0.25, -0.2) is 4.98 Å². The van der Waals surface area contributed by atoms with Crippen LogP contribution in [0.5, 0.6) is 5.75 Å². The topological polar surface area (TPSA) is 80.3 Å². The monoisotopic (exact) mass is 477 g/mol.